The molecule has 0 aliphatic carbocycles. The monoisotopic (exact) mass is 320 g/mol. The van der Waals surface area contributed by atoms with E-state index >= 15 is 0 Å². The summed E-state index contributed by atoms with van der Waals surface area (Å²) in [5, 5.41) is 0. The Morgan fingerprint density at radius 1 is 1.09 bits per heavy atom. The van der Waals surface area contributed by atoms with Gasteiger partial charge in [0.05, 0.1) is 0 Å². The predicted molar refractivity (Wildman–Crippen MR) is 91.6 cm³/mol. The molecule has 0 amide bonds. The van der Waals surface area contributed by atoms with E-state index in [-0.39, 0.29) is 18.2 Å². The highest BCUT2D eigenvalue weighted by molar-refractivity contribution is 5.85. The predicted octanol–water partition coefficient (Wildman–Crippen LogP) is 4.04. The Morgan fingerprint density at radius 2 is 1.86 bits per heavy atom. The summed E-state index contributed by atoms with van der Waals surface area (Å²) < 4.78 is 13.0. The van der Waals surface area contributed by atoms with Crippen molar-refractivity contribution in [2.45, 2.75) is 31.8 Å². The van der Waals surface area contributed by atoms with E-state index in [0.717, 1.165) is 25.2 Å². The van der Waals surface area contributed by atoms with E-state index in [1.165, 1.54) is 24.0 Å². The van der Waals surface area contributed by atoms with Crippen LogP contribution in [0.3, 0.4) is 0 Å². The van der Waals surface area contributed by atoms with E-state index in [1.807, 2.05) is 30.3 Å². The maximum absolute atomic E-state index is 13.0. The summed E-state index contributed by atoms with van der Waals surface area (Å²) in [6, 6.07) is 15.5. The molecule has 0 aromatic heterocycles. The molecule has 0 radical (unpaired) electrons. The van der Waals surface area contributed by atoms with Crippen molar-refractivity contribution >= 4 is 18.1 Å². The second-order valence-corrected chi connectivity index (χ2v) is 5.84. The summed E-state index contributed by atoms with van der Waals surface area (Å²) in [7, 11) is 0. The maximum Gasteiger partial charge on any atom is 0.123 e. The number of halogens is 2. The third-order valence-corrected chi connectivity index (χ3v) is 4.22. The molecule has 2 aromatic carbocycles. The number of nitrogens with zero attached hydrogens (tertiary/aromatic N) is 1. The topological polar surface area (TPSA) is 29.3 Å². The number of nitrogens with two attached hydrogens (primary N) is 1. The first-order valence-corrected chi connectivity index (χ1v) is 7.53. The van der Waals surface area contributed by atoms with Gasteiger partial charge in [-0.05, 0) is 61.2 Å². The molecular weight excluding hydrogens is 299 g/mol. The highest BCUT2D eigenvalue weighted by Crippen LogP contribution is 2.24. The van der Waals surface area contributed by atoms with Crippen LogP contribution in [0.25, 0.3) is 0 Å². The minimum Gasteiger partial charge on any atom is -0.399 e. The number of hydrogen-bond donors (Lipinski definition) is 1. The molecule has 1 saturated heterocycles. The Morgan fingerprint density at radius 3 is 2.59 bits per heavy atom. The molecule has 0 bridgehead atoms. The van der Waals surface area contributed by atoms with Crippen LogP contribution < -0.4 is 5.73 Å². The number of anilines is 1. The maximum atomic E-state index is 13.0. The summed E-state index contributed by atoms with van der Waals surface area (Å²) in [6.45, 7) is 2.07. The second kappa shape index (κ2) is 7.61. The van der Waals surface area contributed by atoms with Crippen LogP contribution in [-0.4, -0.2) is 17.5 Å². The average Bonchev–Trinajstić information content (AvgIpc) is 2.89. The van der Waals surface area contributed by atoms with E-state index < -0.39 is 0 Å². The summed E-state index contributed by atoms with van der Waals surface area (Å²) in [5.41, 5.74) is 9.15. The van der Waals surface area contributed by atoms with Gasteiger partial charge in [-0.15, -0.1) is 12.4 Å². The molecule has 1 fully saturated rings. The molecule has 118 valence electrons. The van der Waals surface area contributed by atoms with Gasteiger partial charge in [0.25, 0.3) is 0 Å². The summed E-state index contributed by atoms with van der Waals surface area (Å²) in [4.78, 5) is 2.51. The van der Waals surface area contributed by atoms with Crippen molar-refractivity contribution in [1.29, 1.82) is 0 Å². The van der Waals surface area contributed by atoms with E-state index in [9.17, 15) is 4.39 Å². The minimum atomic E-state index is -0.165. The first kappa shape index (κ1) is 16.8. The number of benzene rings is 2. The average molecular weight is 321 g/mol. The van der Waals surface area contributed by atoms with Crippen LogP contribution in [0.4, 0.5) is 10.1 Å². The van der Waals surface area contributed by atoms with E-state index in [1.54, 1.807) is 12.1 Å². The third-order valence-electron chi connectivity index (χ3n) is 4.22. The minimum absolute atomic E-state index is 0. The lowest BCUT2D eigenvalue weighted by Gasteiger charge is -2.24. The van der Waals surface area contributed by atoms with Crippen molar-refractivity contribution < 1.29 is 4.39 Å². The van der Waals surface area contributed by atoms with Crippen LogP contribution in [0.2, 0.25) is 0 Å². The summed E-state index contributed by atoms with van der Waals surface area (Å²) in [5.74, 6) is -0.165. The molecule has 2 N–H and O–H groups in total. The largest absolute Gasteiger partial charge is 0.399 e. The molecule has 22 heavy (non-hydrogen) atoms. The lowest BCUT2D eigenvalue weighted by Crippen LogP contribution is -2.30. The van der Waals surface area contributed by atoms with Crippen molar-refractivity contribution in [2.24, 2.45) is 0 Å². The molecule has 2 aromatic rings. The first-order valence-electron chi connectivity index (χ1n) is 7.53. The summed E-state index contributed by atoms with van der Waals surface area (Å²) in [6.07, 6.45) is 3.43. The Balaban J connectivity index is 0.00000176. The smallest absolute Gasteiger partial charge is 0.123 e. The highest BCUT2D eigenvalue weighted by Gasteiger charge is 2.24. The zero-order valence-corrected chi connectivity index (χ0v) is 13.4. The molecule has 2 nitrogen and oxygen atoms in total. The number of hydrogen-bond acceptors (Lipinski definition) is 2. The fourth-order valence-electron chi connectivity index (χ4n) is 3.15. The number of likely N-dealkylation sites (tertiary alicyclic amines) is 1. The van der Waals surface area contributed by atoms with Gasteiger partial charge in [0.2, 0.25) is 0 Å². The fraction of sp³-hybridized carbons (Fsp3) is 0.333. The fourth-order valence-corrected chi connectivity index (χ4v) is 3.15. The zero-order chi connectivity index (χ0) is 14.7. The highest BCUT2D eigenvalue weighted by atomic mass is 35.5. The molecule has 1 aliphatic heterocycles. The lowest BCUT2D eigenvalue weighted by atomic mass is 10.0. The molecular formula is C18H22ClFN2. The third kappa shape index (κ3) is 4.21. The standard InChI is InChI=1S/C18H21FN2.ClH/c19-16-8-6-14(7-9-16)12-18-5-2-10-21(18)13-15-3-1-4-17(20)11-15;/h1,3-4,6-9,11,18H,2,5,10,12-13,20H2;1H. The van der Waals surface area contributed by atoms with Gasteiger partial charge >= 0.3 is 0 Å². The van der Waals surface area contributed by atoms with E-state index in [2.05, 4.69) is 11.0 Å². The van der Waals surface area contributed by atoms with Gasteiger partial charge in [-0.3, -0.25) is 4.90 Å². The second-order valence-electron chi connectivity index (χ2n) is 5.84. The molecule has 1 aliphatic rings. The normalized spacial score (nSPS) is 18.1. The Labute approximate surface area is 137 Å². The van der Waals surface area contributed by atoms with Crippen LogP contribution in [0, 0.1) is 5.82 Å². The van der Waals surface area contributed by atoms with Gasteiger partial charge in [-0.2, -0.15) is 0 Å². The molecule has 1 heterocycles. The van der Waals surface area contributed by atoms with Crippen molar-refractivity contribution in [3.63, 3.8) is 0 Å². The van der Waals surface area contributed by atoms with Crippen molar-refractivity contribution in [1.82, 2.24) is 4.90 Å². The van der Waals surface area contributed by atoms with Gasteiger partial charge in [0.15, 0.2) is 0 Å². The van der Waals surface area contributed by atoms with Gasteiger partial charge in [-0.1, -0.05) is 24.3 Å². The molecule has 4 heteroatoms. The van der Waals surface area contributed by atoms with Crippen molar-refractivity contribution in [3.05, 3.63) is 65.5 Å². The SMILES string of the molecule is Cl.Nc1cccc(CN2CCCC2Cc2ccc(F)cc2)c1. The van der Waals surface area contributed by atoms with Crippen molar-refractivity contribution in [3.8, 4) is 0 Å². The zero-order valence-electron chi connectivity index (χ0n) is 12.5. The van der Waals surface area contributed by atoms with Crippen LogP contribution in [0.1, 0.15) is 24.0 Å². The molecule has 1 atom stereocenters. The van der Waals surface area contributed by atoms with Crippen LogP contribution in [0.15, 0.2) is 48.5 Å². The molecule has 1 unspecified atom stereocenters. The van der Waals surface area contributed by atoms with Crippen LogP contribution in [-0.2, 0) is 13.0 Å². The number of rotatable bonds is 4. The first-order chi connectivity index (χ1) is 10.2. The van der Waals surface area contributed by atoms with E-state index in [0.29, 0.717) is 6.04 Å². The molecule has 3 rings (SSSR count). The molecule has 0 spiro atoms. The van der Waals surface area contributed by atoms with Gasteiger partial charge < -0.3 is 5.73 Å². The quantitative estimate of drug-likeness (QED) is 0.862. The lowest BCUT2D eigenvalue weighted by molar-refractivity contribution is 0.244. The number of nitrogen functional groups attached to an aromatic ring is 1. The van der Waals surface area contributed by atoms with E-state index in [4.69, 9.17) is 5.73 Å². The van der Waals surface area contributed by atoms with Gasteiger partial charge in [0, 0.05) is 18.3 Å². The Bertz CT molecular complexity index is 600. The van der Waals surface area contributed by atoms with Gasteiger partial charge in [-0.25, -0.2) is 4.39 Å². The van der Waals surface area contributed by atoms with Crippen LogP contribution >= 0.6 is 12.4 Å². The summed E-state index contributed by atoms with van der Waals surface area (Å²) >= 11 is 0. The Kier molecular flexibility index (Phi) is 5.81. The van der Waals surface area contributed by atoms with Gasteiger partial charge in [0.1, 0.15) is 5.82 Å². The van der Waals surface area contributed by atoms with Crippen LogP contribution in [0.5, 0.6) is 0 Å². The van der Waals surface area contributed by atoms with Crippen molar-refractivity contribution in [2.75, 3.05) is 12.3 Å². The Hall–Kier alpha value is -1.58. The molecule has 0 saturated carbocycles.